The van der Waals surface area contributed by atoms with Crippen molar-refractivity contribution in [1.29, 1.82) is 0 Å². The third-order valence-electron chi connectivity index (χ3n) is 3.61. The average Bonchev–Trinajstić information content (AvgIpc) is 3.34. The SMILES string of the molecule is O=C(NOCC1CC1)c1ccc(F)cc1Nc1ccc(I)cc1F. The van der Waals surface area contributed by atoms with Gasteiger partial charge in [0.05, 0.1) is 23.5 Å². The summed E-state index contributed by atoms with van der Waals surface area (Å²) in [6.07, 6.45) is 2.20. The van der Waals surface area contributed by atoms with Crippen molar-refractivity contribution >= 4 is 39.9 Å². The zero-order valence-electron chi connectivity index (χ0n) is 12.6. The second-order valence-electron chi connectivity index (χ2n) is 5.62. The standard InChI is InChI=1S/C17H15F2IN2O2/c18-11-3-5-13(17(23)22-24-9-10-1-2-10)16(7-11)21-15-6-4-12(20)8-14(15)19/h3-8,10,21H,1-2,9H2,(H,22,23). The Kier molecular flexibility index (Phi) is 5.30. The normalized spacial score (nSPS) is 13.6. The van der Waals surface area contributed by atoms with E-state index in [1.54, 1.807) is 6.07 Å². The van der Waals surface area contributed by atoms with E-state index >= 15 is 0 Å². The van der Waals surface area contributed by atoms with E-state index in [9.17, 15) is 13.6 Å². The molecule has 0 unspecified atom stereocenters. The van der Waals surface area contributed by atoms with Crippen LogP contribution in [0.3, 0.4) is 0 Å². The van der Waals surface area contributed by atoms with Gasteiger partial charge in [0.15, 0.2) is 0 Å². The quantitative estimate of drug-likeness (QED) is 0.514. The zero-order chi connectivity index (χ0) is 17.1. The number of carbonyl (C=O) groups is 1. The van der Waals surface area contributed by atoms with E-state index < -0.39 is 17.5 Å². The van der Waals surface area contributed by atoms with E-state index in [0.717, 1.165) is 22.5 Å². The summed E-state index contributed by atoms with van der Waals surface area (Å²) >= 11 is 1.99. The van der Waals surface area contributed by atoms with Gasteiger partial charge in [-0.1, -0.05) is 0 Å². The van der Waals surface area contributed by atoms with Gasteiger partial charge in [0, 0.05) is 3.57 Å². The molecule has 1 amide bonds. The number of carbonyl (C=O) groups excluding carboxylic acids is 1. The summed E-state index contributed by atoms with van der Waals surface area (Å²) in [5.41, 5.74) is 2.84. The fourth-order valence-corrected chi connectivity index (χ4v) is 2.57. The van der Waals surface area contributed by atoms with Crippen molar-refractivity contribution in [1.82, 2.24) is 5.48 Å². The van der Waals surface area contributed by atoms with E-state index in [0.29, 0.717) is 12.5 Å². The van der Waals surface area contributed by atoms with Gasteiger partial charge in [-0.3, -0.25) is 9.63 Å². The van der Waals surface area contributed by atoms with Gasteiger partial charge in [0.1, 0.15) is 11.6 Å². The maximum Gasteiger partial charge on any atom is 0.276 e. The monoisotopic (exact) mass is 444 g/mol. The first-order valence-corrected chi connectivity index (χ1v) is 8.54. The maximum atomic E-state index is 14.0. The zero-order valence-corrected chi connectivity index (χ0v) is 14.8. The molecule has 0 atom stereocenters. The highest BCUT2D eigenvalue weighted by molar-refractivity contribution is 14.1. The minimum absolute atomic E-state index is 0.161. The van der Waals surface area contributed by atoms with Gasteiger partial charge in [-0.25, -0.2) is 14.3 Å². The first-order valence-electron chi connectivity index (χ1n) is 7.46. The Morgan fingerprint density at radius 3 is 2.67 bits per heavy atom. The van der Waals surface area contributed by atoms with Crippen molar-refractivity contribution in [2.75, 3.05) is 11.9 Å². The topological polar surface area (TPSA) is 50.4 Å². The van der Waals surface area contributed by atoms with Crippen molar-refractivity contribution in [2.45, 2.75) is 12.8 Å². The van der Waals surface area contributed by atoms with Crippen molar-refractivity contribution in [3.05, 3.63) is 57.2 Å². The van der Waals surface area contributed by atoms with E-state index in [4.69, 9.17) is 4.84 Å². The number of amides is 1. The van der Waals surface area contributed by atoms with Gasteiger partial charge in [0.25, 0.3) is 5.91 Å². The lowest BCUT2D eigenvalue weighted by Crippen LogP contribution is -2.25. The van der Waals surface area contributed by atoms with Crippen LogP contribution in [0.1, 0.15) is 23.2 Å². The maximum absolute atomic E-state index is 14.0. The second kappa shape index (κ2) is 7.43. The molecule has 2 N–H and O–H groups in total. The predicted octanol–water partition coefficient (Wildman–Crippen LogP) is 4.38. The number of nitrogens with one attached hydrogen (secondary N) is 2. The molecule has 126 valence electrons. The lowest BCUT2D eigenvalue weighted by atomic mass is 10.1. The molecule has 0 heterocycles. The number of benzene rings is 2. The van der Waals surface area contributed by atoms with Crippen LogP contribution < -0.4 is 10.8 Å². The first-order chi connectivity index (χ1) is 11.5. The van der Waals surface area contributed by atoms with E-state index in [1.165, 1.54) is 24.3 Å². The molecule has 1 aliphatic carbocycles. The molecule has 2 aromatic carbocycles. The van der Waals surface area contributed by atoms with Gasteiger partial charge < -0.3 is 5.32 Å². The van der Waals surface area contributed by atoms with Crippen molar-refractivity contribution in [2.24, 2.45) is 5.92 Å². The summed E-state index contributed by atoms with van der Waals surface area (Å²) in [7, 11) is 0. The molecular weight excluding hydrogens is 429 g/mol. The fraction of sp³-hybridized carbons (Fsp3) is 0.235. The number of anilines is 2. The Balaban J connectivity index is 1.77. The van der Waals surface area contributed by atoms with Gasteiger partial charge in [0.2, 0.25) is 0 Å². The number of hydrogen-bond acceptors (Lipinski definition) is 3. The van der Waals surface area contributed by atoms with Crippen LogP contribution in [0.25, 0.3) is 0 Å². The minimum atomic E-state index is -0.529. The molecule has 1 saturated carbocycles. The van der Waals surface area contributed by atoms with Gasteiger partial charge in [-0.15, -0.1) is 0 Å². The molecular formula is C17H15F2IN2O2. The number of rotatable bonds is 6. The highest BCUT2D eigenvalue weighted by Crippen LogP contribution is 2.29. The first kappa shape index (κ1) is 17.1. The van der Waals surface area contributed by atoms with Gasteiger partial charge in [-0.05, 0) is 77.7 Å². The average molecular weight is 444 g/mol. The van der Waals surface area contributed by atoms with E-state index in [-0.39, 0.29) is 16.9 Å². The second-order valence-corrected chi connectivity index (χ2v) is 6.87. The van der Waals surface area contributed by atoms with Crippen LogP contribution in [0.4, 0.5) is 20.2 Å². The molecule has 0 spiro atoms. The van der Waals surface area contributed by atoms with E-state index in [1.807, 2.05) is 22.6 Å². The summed E-state index contributed by atoms with van der Waals surface area (Å²) in [5.74, 6) is -1.03. The Labute approximate surface area is 151 Å². The Morgan fingerprint density at radius 2 is 1.96 bits per heavy atom. The van der Waals surface area contributed by atoms with Crippen LogP contribution in [0.15, 0.2) is 36.4 Å². The molecule has 0 bridgehead atoms. The molecule has 0 saturated heterocycles. The molecule has 2 aromatic rings. The Bertz CT molecular complexity index is 766. The molecule has 0 aliphatic heterocycles. The van der Waals surface area contributed by atoms with Gasteiger partial charge >= 0.3 is 0 Å². The Morgan fingerprint density at radius 1 is 1.17 bits per heavy atom. The highest BCUT2D eigenvalue weighted by atomic mass is 127. The number of hydrogen-bond donors (Lipinski definition) is 2. The summed E-state index contributed by atoms with van der Waals surface area (Å²) < 4.78 is 28.3. The van der Waals surface area contributed by atoms with Crippen LogP contribution in [-0.4, -0.2) is 12.5 Å². The van der Waals surface area contributed by atoms with Crippen molar-refractivity contribution in [3.63, 3.8) is 0 Å². The molecule has 4 nitrogen and oxygen atoms in total. The highest BCUT2D eigenvalue weighted by Gasteiger charge is 2.22. The van der Waals surface area contributed by atoms with E-state index in [2.05, 4.69) is 10.8 Å². The van der Waals surface area contributed by atoms with Crippen molar-refractivity contribution in [3.8, 4) is 0 Å². The van der Waals surface area contributed by atoms with Gasteiger partial charge in [-0.2, -0.15) is 0 Å². The van der Waals surface area contributed by atoms with Crippen LogP contribution in [-0.2, 0) is 4.84 Å². The number of hydroxylamine groups is 1. The van der Waals surface area contributed by atoms with Crippen LogP contribution in [0, 0.1) is 21.1 Å². The molecule has 24 heavy (non-hydrogen) atoms. The summed E-state index contributed by atoms with van der Waals surface area (Å²) in [4.78, 5) is 17.4. The fourth-order valence-electron chi connectivity index (χ4n) is 2.12. The molecule has 7 heteroatoms. The molecule has 3 rings (SSSR count). The van der Waals surface area contributed by atoms with Crippen molar-refractivity contribution < 1.29 is 18.4 Å². The molecule has 1 aliphatic rings. The van der Waals surface area contributed by atoms with Crippen LogP contribution in [0.5, 0.6) is 0 Å². The molecule has 0 aromatic heterocycles. The summed E-state index contributed by atoms with van der Waals surface area (Å²) in [6.45, 7) is 0.460. The summed E-state index contributed by atoms with van der Waals surface area (Å²) in [6, 6.07) is 8.24. The number of halogens is 3. The summed E-state index contributed by atoms with van der Waals surface area (Å²) in [5, 5.41) is 2.77. The predicted molar refractivity (Wildman–Crippen MR) is 94.9 cm³/mol. The third kappa shape index (κ3) is 4.41. The molecule has 0 radical (unpaired) electrons. The third-order valence-corrected chi connectivity index (χ3v) is 4.28. The largest absolute Gasteiger partial charge is 0.352 e. The lowest BCUT2D eigenvalue weighted by molar-refractivity contribution is 0.0271. The van der Waals surface area contributed by atoms with Crippen LogP contribution >= 0.6 is 22.6 Å². The molecule has 1 fully saturated rings. The lowest BCUT2D eigenvalue weighted by Gasteiger charge is -2.13. The van der Waals surface area contributed by atoms with Crippen LogP contribution in [0.2, 0.25) is 0 Å². The smallest absolute Gasteiger partial charge is 0.276 e. The Hall–Kier alpha value is -1.74. The minimum Gasteiger partial charge on any atom is -0.352 e.